The Hall–Kier alpha value is -4.11. The zero-order chi connectivity index (χ0) is 35.9. The van der Waals surface area contributed by atoms with Crippen molar-refractivity contribution >= 4 is 46.3 Å². The van der Waals surface area contributed by atoms with E-state index in [-0.39, 0.29) is 36.7 Å². The van der Waals surface area contributed by atoms with Crippen LogP contribution in [0, 0.1) is 5.92 Å². The fraction of sp³-hybridized carbons (Fsp3) is 0.485. The van der Waals surface area contributed by atoms with Gasteiger partial charge in [-0.15, -0.1) is 0 Å². The normalized spacial score (nSPS) is 13.2. The number of esters is 1. The first-order valence-corrected chi connectivity index (χ1v) is 16.7. The van der Waals surface area contributed by atoms with E-state index in [1.165, 1.54) is 7.11 Å². The Bertz CT molecular complexity index is 1500. The minimum Gasteiger partial charge on any atom is -0.475 e. The second-order valence-electron chi connectivity index (χ2n) is 11.3. The van der Waals surface area contributed by atoms with Crippen molar-refractivity contribution in [3.8, 4) is 0 Å². The summed E-state index contributed by atoms with van der Waals surface area (Å²) < 4.78 is 38.5. The van der Waals surface area contributed by atoms with Crippen LogP contribution in [0.15, 0.2) is 55.0 Å². The number of benzene rings is 2. The molecule has 1 heterocycles. The first-order valence-electron chi connectivity index (χ1n) is 15.3. The van der Waals surface area contributed by atoms with E-state index in [1.54, 1.807) is 18.1 Å². The van der Waals surface area contributed by atoms with Crippen molar-refractivity contribution in [3.63, 3.8) is 0 Å². The Morgan fingerprint density at radius 2 is 1.75 bits per heavy atom. The van der Waals surface area contributed by atoms with Crippen molar-refractivity contribution < 1.29 is 42.2 Å². The number of halogens is 3. The second kappa shape index (κ2) is 19.6. The molecule has 11 nitrogen and oxygen atoms in total. The number of ether oxygens (including phenoxy) is 1. The van der Waals surface area contributed by atoms with Gasteiger partial charge < -0.3 is 25.0 Å². The van der Waals surface area contributed by atoms with Crippen LogP contribution in [0.3, 0.4) is 0 Å². The number of imidazole rings is 1. The molecule has 0 unspecified atom stereocenters. The van der Waals surface area contributed by atoms with Crippen LogP contribution in [0.1, 0.15) is 37.9 Å². The number of rotatable bonds is 16. The number of carboxylic acid groups (broad SMARTS) is 1. The van der Waals surface area contributed by atoms with Crippen LogP contribution < -0.4 is 10.6 Å². The highest BCUT2D eigenvalue weighted by atomic mass is 32.2. The molecule has 15 heteroatoms. The zero-order valence-electron chi connectivity index (χ0n) is 27.8. The van der Waals surface area contributed by atoms with Crippen molar-refractivity contribution in [3.05, 3.63) is 66.2 Å². The molecule has 3 rings (SSSR count). The fourth-order valence-corrected chi connectivity index (χ4v) is 5.31. The van der Waals surface area contributed by atoms with Crippen LogP contribution >= 0.6 is 11.8 Å². The van der Waals surface area contributed by atoms with E-state index in [0.29, 0.717) is 25.2 Å². The number of aromatic nitrogens is 2. The van der Waals surface area contributed by atoms with Gasteiger partial charge in [-0.3, -0.25) is 14.5 Å². The topological polar surface area (TPSA) is 143 Å². The summed E-state index contributed by atoms with van der Waals surface area (Å²) in [5, 5.41) is 15.5. The summed E-state index contributed by atoms with van der Waals surface area (Å²) in [7, 11) is 3.20. The first kappa shape index (κ1) is 40.1. The molecule has 0 aliphatic rings. The number of amides is 2. The monoisotopic (exact) mass is 695 g/mol. The molecule has 0 saturated heterocycles. The Kier molecular flexibility index (Phi) is 16.4. The molecule has 3 aromatic rings. The Morgan fingerprint density at radius 1 is 1.08 bits per heavy atom. The highest BCUT2D eigenvalue weighted by Crippen LogP contribution is 2.21. The lowest BCUT2D eigenvalue weighted by atomic mass is 9.97. The number of methoxy groups -OCH3 is 1. The number of carboxylic acids is 1. The van der Waals surface area contributed by atoms with Crippen molar-refractivity contribution in [1.29, 1.82) is 0 Å². The average Bonchev–Trinajstić information content (AvgIpc) is 3.45. The molecule has 2 amide bonds. The summed E-state index contributed by atoms with van der Waals surface area (Å²) in [5.74, 6) is -2.68. The molecule has 1 aromatic heterocycles. The number of carbonyl (C=O) groups is 4. The van der Waals surface area contributed by atoms with Gasteiger partial charge in [-0.2, -0.15) is 24.9 Å². The second-order valence-corrected chi connectivity index (χ2v) is 12.3. The third-order valence-corrected chi connectivity index (χ3v) is 8.19. The van der Waals surface area contributed by atoms with E-state index in [2.05, 4.69) is 58.6 Å². The number of carbonyl (C=O) groups excluding carboxylic acids is 3. The number of alkyl halides is 3. The van der Waals surface area contributed by atoms with Crippen molar-refractivity contribution in [2.75, 3.05) is 32.2 Å². The van der Waals surface area contributed by atoms with Gasteiger partial charge in [-0.25, -0.2) is 14.6 Å². The molecule has 0 fully saturated rings. The molecule has 3 atom stereocenters. The van der Waals surface area contributed by atoms with E-state index in [1.807, 2.05) is 42.3 Å². The first-order chi connectivity index (χ1) is 22.7. The highest BCUT2D eigenvalue weighted by molar-refractivity contribution is 7.98. The van der Waals surface area contributed by atoms with Crippen molar-refractivity contribution in [1.82, 2.24) is 25.1 Å². The van der Waals surface area contributed by atoms with Crippen LogP contribution in [0.25, 0.3) is 10.8 Å². The Labute approximate surface area is 282 Å². The molecular weight excluding hydrogens is 651 g/mol. The van der Waals surface area contributed by atoms with E-state index < -0.39 is 24.2 Å². The Morgan fingerprint density at radius 3 is 2.33 bits per heavy atom. The molecule has 2 aromatic carbocycles. The summed E-state index contributed by atoms with van der Waals surface area (Å²) in [4.78, 5) is 53.9. The van der Waals surface area contributed by atoms with E-state index in [4.69, 9.17) is 14.6 Å². The maximum atomic E-state index is 13.3. The Balaban J connectivity index is 0.00000103. The van der Waals surface area contributed by atoms with Gasteiger partial charge in [0, 0.05) is 32.4 Å². The molecule has 0 aliphatic carbocycles. The number of nitrogens with one attached hydrogen (secondary N) is 2. The van der Waals surface area contributed by atoms with Gasteiger partial charge in [-0.1, -0.05) is 62.7 Å². The van der Waals surface area contributed by atoms with Crippen molar-refractivity contribution in [2.24, 2.45) is 13.0 Å². The predicted molar refractivity (Wildman–Crippen MR) is 178 cm³/mol. The molecule has 48 heavy (non-hydrogen) atoms. The lowest BCUT2D eigenvalue weighted by Gasteiger charge is -2.31. The van der Waals surface area contributed by atoms with Crippen LogP contribution in [0.2, 0.25) is 0 Å². The number of thioether (sulfide) groups is 1. The van der Waals surface area contributed by atoms with Crippen LogP contribution in [-0.2, 0) is 43.9 Å². The number of nitrogens with zero attached hydrogens (tertiary/aromatic N) is 3. The molecule has 0 bridgehead atoms. The highest BCUT2D eigenvalue weighted by Gasteiger charge is 2.38. The summed E-state index contributed by atoms with van der Waals surface area (Å²) >= 11 is 1.61. The minimum absolute atomic E-state index is 0.0685. The summed E-state index contributed by atoms with van der Waals surface area (Å²) in [6, 6.07) is 13.4. The van der Waals surface area contributed by atoms with E-state index in [0.717, 1.165) is 28.5 Å². The van der Waals surface area contributed by atoms with Crippen LogP contribution in [0.4, 0.5) is 13.2 Å². The number of hydrogen-bond donors (Lipinski definition) is 3. The maximum absolute atomic E-state index is 13.3. The predicted octanol–water partition coefficient (Wildman–Crippen LogP) is 4.19. The third kappa shape index (κ3) is 13.6. The fourth-order valence-electron chi connectivity index (χ4n) is 4.84. The van der Waals surface area contributed by atoms with Crippen LogP contribution in [-0.4, -0.2) is 93.8 Å². The van der Waals surface area contributed by atoms with Gasteiger partial charge in [0.1, 0.15) is 6.04 Å². The number of hydrogen-bond acceptors (Lipinski definition) is 8. The summed E-state index contributed by atoms with van der Waals surface area (Å²) in [6.45, 7) is 5.24. The van der Waals surface area contributed by atoms with Gasteiger partial charge in [0.2, 0.25) is 11.8 Å². The van der Waals surface area contributed by atoms with Gasteiger partial charge in [0.15, 0.2) is 0 Å². The summed E-state index contributed by atoms with van der Waals surface area (Å²) in [5.41, 5.74) is 1.80. The number of aryl methyl sites for hydroxylation is 1. The van der Waals surface area contributed by atoms with E-state index >= 15 is 0 Å². The molecular formula is C33H44F3N5O6S. The molecule has 0 radical (unpaired) electrons. The molecule has 0 saturated carbocycles. The average molecular weight is 696 g/mol. The van der Waals surface area contributed by atoms with E-state index in [9.17, 15) is 27.6 Å². The van der Waals surface area contributed by atoms with Crippen molar-refractivity contribution in [2.45, 2.75) is 57.9 Å². The van der Waals surface area contributed by atoms with Gasteiger partial charge in [0.25, 0.3) is 0 Å². The molecule has 264 valence electrons. The van der Waals surface area contributed by atoms with Gasteiger partial charge >= 0.3 is 18.1 Å². The number of aliphatic carboxylic acids is 1. The molecule has 3 N–H and O–H groups in total. The summed E-state index contributed by atoms with van der Waals surface area (Å²) in [6.07, 6.45) is 1.93. The maximum Gasteiger partial charge on any atom is 0.490 e. The van der Waals surface area contributed by atoms with Gasteiger partial charge in [-0.05, 0) is 40.7 Å². The third-order valence-electron chi connectivity index (χ3n) is 7.55. The molecule has 0 spiro atoms. The van der Waals surface area contributed by atoms with Crippen LogP contribution in [0.5, 0.6) is 0 Å². The standard InChI is InChI=1S/C31H43N5O4S.C2HF3O2/c1-6-22(2)28(34-29(37)16-25-18-35(3)21-32-25)19-36(17-24-12-9-11-23-10-7-8-13-26(23)24)20-30(38)33-27(14-15-41-5)31(39)40-4;3-2(4,5)1(6)7/h7-13,18,21-22,27-28H,6,14-17,19-20H2,1-5H3,(H,33,38)(H,34,37);(H,6,7)/t22-,27-,28+;/m0./s1. The lowest BCUT2D eigenvalue weighted by Crippen LogP contribution is -2.51. The number of fused-ring (bicyclic) bond motifs is 1. The molecule has 0 aliphatic heterocycles. The van der Waals surface area contributed by atoms with Gasteiger partial charge in [0.05, 0.1) is 32.1 Å². The minimum atomic E-state index is -5.08. The quantitative estimate of drug-likeness (QED) is 0.188. The largest absolute Gasteiger partial charge is 0.490 e. The SMILES string of the molecule is CC[C@H](C)[C@@H](CN(CC(=O)N[C@@H](CCSC)C(=O)OC)Cc1cccc2ccccc12)NC(=O)Cc1cn(C)cn1.O=C(O)C(F)(F)F. The lowest BCUT2D eigenvalue weighted by molar-refractivity contribution is -0.192. The zero-order valence-corrected chi connectivity index (χ0v) is 28.6. The smallest absolute Gasteiger partial charge is 0.475 e.